The summed E-state index contributed by atoms with van der Waals surface area (Å²) in [5, 5.41) is 2.68. The average molecular weight is 614 g/mol. The quantitative estimate of drug-likeness (QED) is 0.135. The van der Waals surface area contributed by atoms with Crippen molar-refractivity contribution in [3.8, 4) is 5.75 Å². The van der Waals surface area contributed by atoms with Crippen LogP contribution in [0.4, 0.5) is 0 Å². The Morgan fingerprint density at radius 3 is 1.93 bits per heavy atom. The minimum absolute atomic E-state index is 0.119. The maximum atomic E-state index is 13.6. The largest absolute Gasteiger partial charge is 0.423 e. The fraction of sp³-hybridized carbons (Fsp3) is 0.233. The molecule has 5 rings (SSSR count). The van der Waals surface area contributed by atoms with E-state index in [1.54, 1.807) is 0 Å². The zero-order valence-electron chi connectivity index (χ0n) is 21.5. The number of rotatable bonds is 7. The average Bonchev–Trinajstić information content (AvgIpc) is 3.21. The first-order chi connectivity index (χ1) is 19.6. The van der Waals surface area contributed by atoms with Crippen LogP contribution in [-0.4, -0.2) is 46.0 Å². The van der Waals surface area contributed by atoms with Crippen LogP contribution in [0.5, 0.6) is 5.75 Å². The van der Waals surface area contributed by atoms with Crippen molar-refractivity contribution in [2.45, 2.75) is 25.7 Å². The van der Waals surface area contributed by atoms with Crippen molar-refractivity contribution in [1.29, 1.82) is 0 Å². The molecular weight excluding hydrogens is 591 g/mol. The number of carbonyl (C=O) groups excluding carboxylic acids is 5. The highest BCUT2D eigenvalue weighted by Crippen LogP contribution is 2.39. The Morgan fingerprint density at radius 2 is 1.34 bits per heavy atom. The van der Waals surface area contributed by atoms with Crippen LogP contribution in [0.3, 0.4) is 0 Å². The number of carbonyl (C=O) groups is 5. The van der Waals surface area contributed by atoms with E-state index < -0.39 is 47.9 Å². The van der Waals surface area contributed by atoms with E-state index in [2.05, 4.69) is 0 Å². The number of ether oxygens (including phenoxy) is 1. The molecule has 0 unspecified atom stereocenters. The van der Waals surface area contributed by atoms with Crippen molar-refractivity contribution in [1.82, 2.24) is 10.0 Å². The van der Waals surface area contributed by atoms with E-state index in [0.29, 0.717) is 22.9 Å². The Bertz CT molecular complexity index is 1520. The van der Waals surface area contributed by atoms with Gasteiger partial charge in [0.25, 0.3) is 17.7 Å². The number of hydrogen-bond donors (Lipinski definition) is 0. The molecule has 0 N–H and O–H groups in total. The van der Waals surface area contributed by atoms with Crippen molar-refractivity contribution < 1.29 is 28.7 Å². The molecule has 0 aromatic heterocycles. The molecule has 3 aromatic carbocycles. The van der Waals surface area contributed by atoms with Gasteiger partial charge in [0, 0.05) is 21.2 Å². The van der Waals surface area contributed by atoms with Crippen LogP contribution in [0.2, 0.25) is 15.1 Å². The number of esters is 1. The van der Waals surface area contributed by atoms with Gasteiger partial charge in [-0.15, -0.1) is 0 Å². The van der Waals surface area contributed by atoms with Gasteiger partial charge in [-0.1, -0.05) is 47.6 Å². The summed E-state index contributed by atoms with van der Waals surface area (Å²) in [6, 6.07) is 16.0. The number of ketones is 1. The third-order valence-corrected chi connectivity index (χ3v) is 8.02. The lowest BCUT2D eigenvalue weighted by Gasteiger charge is -2.30. The van der Waals surface area contributed by atoms with E-state index in [9.17, 15) is 24.0 Å². The first-order valence-electron chi connectivity index (χ1n) is 12.9. The number of fused-ring (bicyclic) bond motifs is 1. The SMILES string of the molecule is O=C(CN(C(=O)c1ccc(Cl)cc1)N1C(=O)[C@H]2CCCC[C@@H]2C1=O)c1ccc(OC(=O)c2ccc(Cl)cc2Cl)cc1. The molecule has 41 heavy (non-hydrogen) atoms. The molecule has 1 aliphatic heterocycles. The zero-order valence-corrected chi connectivity index (χ0v) is 23.8. The molecule has 0 radical (unpaired) electrons. The van der Waals surface area contributed by atoms with Gasteiger partial charge >= 0.3 is 5.97 Å². The zero-order chi connectivity index (χ0) is 29.3. The third-order valence-electron chi connectivity index (χ3n) is 7.22. The fourth-order valence-electron chi connectivity index (χ4n) is 5.11. The Balaban J connectivity index is 1.36. The molecule has 1 aliphatic carbocycles. The molecule has 1 heterocycles. The molecule has 1 saturated carbocycles. The number of amides is 3. The Morgan fingerprint density at radius 1 is 0.780 bits per heavy atom. The van der Waals surface area contributed by atoms with Crippen molar-refractivity contribution >= 4 is 64.3 Å². The molecule has 0 bridgehead atoms. The van der Waals surface area contributed by atoms with Gasteiger partial charge in [-0.25, -0.2) is 9.80 Å². The second-order valence-corrected chi connectivity index (χ2v) is 11.1. The standard InChI is InChI=1S/C30H23Cl3N2O6/c31-19-9-5-18(6-10-19)27(37)34(35-28(38)22-3-1-2-4-23(22)29(35)39)16-26(36)17-7-12-21(13-8-17)41-30(40)24-14-11-20(32)15-25(24)33/h5-15,22-23H,1-4,16H2/t22-,23-/m0/s1. The molecule has 2 aliphatic rings. The molecule has 11 heteroatoms. The van der Waals surface area contributed by atoms with E-state index in [0.717, 1.165) is 22.9 Å². The van der Waals surface area contributed by atoms with Crippen molar-refractivity contribution in [3.63, 3.8) is 0 Å². The lowest BCUT2D eigenvalue weighted by molar-refractivity contribution is -0.154. The third kappa shape index (κ3) is 6.00. The highest BCUT2D eigenvalue weighted by atomic mass is 35.5. The van der Waals surface area contributed by atoms with E-state index in [1.807, 2.05) is 0 Å². The smallest absolute Gasteiger partial charge is 0.345 e. The van der Waals surface area contributed by atoms with Crippen LogP contribution < -0.4 is 4.74 Å². The lowest BCUT2D eigenvalue weighted by Crippen LogP contribution is -2.52. The van der Waals surface area contributed by atoms with Crippen molar-refractivity contribution in [3.05, 3.63) is 98.5 Å². The number of halogens is 3. The van der Waals surface area contributed by atoms with Gasteiger partial charge in [-0.2, -0.15) is 5.01 Å². The van der Waals surface area contributed by atoms with Crippen molar-refractivity contribution in [2.75, 3.05) is 6.54 Å². The predicted molar refractivity (Wildman–Crippen MR) is 152 cm³/mol. The molecule has 210 valence electrons. The number of benzene rings is 3. The summed E-state index contributed by atoms with van der Waals surface area (Å²) in [5.74, 6) is -3.72. The van der Waals surface area contributed by atoms with Crippen LogP contribution in [0.1, 0.15) is 56.8 Å². The number of imide groups is 1. The molecule has 2 atom stereocenters. The maximum absolute atomic E-state index is 13.6. The predicted octanol–water partition coefficient (Wildman–Crippen LogP) is 6.28. The van der Waals surface area contributed by atoms with E-state index in [-0.39, 0.29) is 27.5 Å². The molecule has 2 fully saturated rings. The highest BCUT2D eigenvalue weighted by Gasteiger charge is 2.51. The monoisotopic (exact) mass is 612 g/mol. The molecule has 3 amide bonds. The van der Waals surface area contributed by atoms with Gasteiger partial charge in [0.05, 0.1) is 22.4 Å². The van der Waals surface area contributed by atoms with Gasteiger partial charge in [0.2, 0.25) is 0 Å². The highest BCUT2D eigenvalue weighted by molar-refractivity contribution is 6.36. The molecule has 0 spiro atoms. The van der Waals surface area contributed by atoms with Gasteiger partial charge in [-0.3, -0.25) is 19.2 Å². The minimum atomic E-state index is -0.710. The second kappa shape index (κ2) is 12.0. The van der Waals surface area contributed by atoms with Crippen LogP contribution in [0, 0.1) is 11.8 Å². The second-order valence-electron chi connectivity index (χ2n) is 9.82. The van der Waals surface area contributed by atoms with Gasteiger partial charge < -0.3 is 4.74 Å². The Labute approximate surface area is 250 Å². The molecule has 3 aromatic rings. The van der Waals surface area contributed by atoms with Gasteiger partial charge in [-0.05, 0) is 79.6 Å². The Kier molecular flexibility index (Phi) is 8.45. The number of Topliss-reactive ketones (excluding diaryl/α,β-unsaturated/α-hetero) is 1. The fourth-order valence-corrected chi connectivity index (χ4v) is 5.72. The van der Waals surface area contributed by atoms with E-state index in [4.69, 9.17) is 39.5 Å². The summed E-state index contributed by atoms with van der Waals surface area (Å²) in [7, 11) is 0. The summed E-state index contributed by atoms with van der Waals surface area (Å²) in [4.78, 5) is 66.1. The number of nitrogens with zero attached hydrogens (tertiary/aromatic N) is 2. The minimum Gasteiger partial charge on any atom is -0.423 e. The van der Waals surface area contributed by atoms with Crippen LogP contribution in [0.25, 0.3) is 0 Å². The molecular formula is C30H23Cl3N2O6. The van der Waals surface area contributed by atoms with Crippen LogP contribution >= 0.6 is 34.8 Å². The van der Waals surface area contributed by atoms with Crippen molar-refractivity contribution in [2.24, 2.45) is 11.8 Å². The first-order valence-corrected chi connectivity index (χ1v) is 14.0. The summed E-state index contributed by atoms with van der Waals surface area (Å²) in [6.07, 6.45) is 2.76. The van der Waals surface area contributed by atoms with Crippen LogP contribution in [-0.2, 0) is 9.59 Å². The number of hydrazine groups is 1. The summed E-state index contributed by atoms with van der Waals surface area (Å²) >= 11 is 17.9. The number of hydrogen-bond acceptors (Lipinski definition) is 6. The maximum Gasteiger partial charge on any atom is 0.345 e. The van der Waals surface area contributed by atoms with Gasteiger partial charge in [0.1, 0.15) is 12.3 Å². The van der Waals surface area contributed by atoms with E-state index >= 15 is 0 Å². The first kappa shape index (κ1) is 28.8. The normalized spacial score (nSPS) is 18.2. The Hall–Kier alpha value is -3.72. The topological polar surface area (TPSA) is 101 Å². The molecule has 8 nitrogen and oxygen atoms in total. The lowest BCUT2D eigenvalue weighted by atomic mass is 9.81. The van der Waals surface area contributed by atoms with Crippen LogP contribution in [0.15, 0.2) is 66.7 Å². The summed E-state index contributed by atoms with van der Waals surface area (Å²) < 4.78 is 5.36. The van der Waals surface area contributed by atoms with Gasteiger partial charge in [0.15, 0.2) is 5.78 Å². The van der Waals surface area contributed by atoms with E-state index in [1.165, 1.54) is 66.7 Å². The summed E-state index contributed by atoms with van der Waals surface area (Å²) in [6.45, 7) is -0.558. The summed E-state index contributed by atoms with van der Waals surface area (Å²) in [5.41, 5.74) is 0.466. The molecule has 1 saturated heterocycles.